The van der Waals surface area contributed by atoms with Crippen molar-refractivity contribution < 1.29 is 4.39 Å². The van der Waals surface area contributed by atoms with E-state index in [4.69, 9.17) is 0 Å². The van der Waals surface area contributed by atoms with E-state index in [2.05, 4.69) is 40.0 Å². The summed E-state index contributed by atoms with van der Waals surface area (Å²) in [7, 11) is 0. The third-order valence-corrected chi connectivity index (χ3v) is 6.14. The van der Waals surface area contributed by atoms with Crippen LogP contribution in [0.3, 0.4) is 0 Å². The molecule has 0 spiro atoms. The summed E-state index contributed by atoms with van der Waals surface area (Å²) in [4.78, 5) is 10.4. The van der Waals surface area contributed by atoms with Gasteiger partial charge in [-0.15, -0.1) is 0 Å². The predicted octanol–water partition coefficient (Wildman–Crippen LogP) is 5.44. The maximum atomic E-state index is 13.5. The Morgan fingerprint density at radius 3 is 2.61 bits per heavy atom. The number of rotatable bonds is 3. The summed E-state index contributed by atoms with van der Waals surface area (Å²) < 4.78 is 13.5. The number of aryl methyl sites for hydroxylation is 1. The normalized spacial score (nSPS) is 19.5. The van der Waals surface area contributed by atoms with Crippen molar-refractivity contribution in [1.82, 2.24) is 14.9 Å². The predicted molar refractivity (Wildman–Crippen MR) is 111 cm³/mol. The molecule has 2 aromatic heterocycles. The second-order valence-electron chi connectivity index (χ2n) is 7.84. The number of pyridine rings is 1. The lowest BCUT2D eigenvalue weighted by Crippen LogP contribution is -2.32. The Morgan fingerprint density at radius 1 is 1.04 bits per heavy atom. The fourth-order valence-electron chi connectivity index (χ4n) is 4.80. The molecule has 5 rings (SSSR count). The van der Waals surface area contributed by atoms with Gasteiger partial charge in [0.15, 0.2) is 0 Å². The number of hydrogen-bond donors (Lipinski definition) is 1. The molecule has 1 fully saturated rings. The van der Waals surface area contributed by atoms with Gasteiger partial charge in [-0.1, -0.05) is 6.08 Å². The first kappa shape index (κ1) is 17.4. The molecule has 3 nitrogen and oxygen atoms in total. The monoisotopic (exact) mass is 373 g/mol. The van der Waals surface area contributed by atoms with E-state index in [0.717, 1.165) is 29.8 Å². The third kappa shape index (κ3) is 2.98. The Labute approximate surface area is 164 Å². The number of aromatic amines is 1. The molecule has 0 saturated carbocycles. The Morgan fingerprint density at radius 2 is 1.82 bits per heavy atom. The minimum atomic E-state index is -0.214. The summed E-state index contributed by atoms with van der Waals surface area (Å²) in [6.45, 7) is 4.40. The molecular weight excluding hydrogens is 349 g/mol. The van der Waals surface area contributed by atoms with Crippen LogP contribution in [0.2, 0.25) is 0 Å². The second-order valence-corrected chi connectivity index (χ2v) is 7.84. The number of nitrogens with zero attached hydrogens (tertiary/aromatic N) is 2. The molecule has 3 aromatic rings. The highest BCUT2D eigenvalue weighted by molar-refractivity contribution is 5.92. The molecular formula is C24H24FN3. The Hall–Kier alpha value is -2.72. The van der Waals surface area contributed by atoms with E-state index < -0.39 is 0 Å². The van der Waals surface area contributed by atoms with Crippen molar-refractivity contribution in [3.8, 4) is 22.4 Å². The first-order valence-electron chi connectivity index (χ1n) is 10.0. The van der Waals surface area contributed by atoms with Crippen molar-refractivity contribution in [2.75, 3.05) is 13.1 Å². The van der Waals surface area contributed by atoms with Gasteiger partial charge in [-0.3, -0.25) is 9.88 Å². The molecule has 1 atom stereocenters. The minimum Gasteiger partial charge on any atom is -0.358 e. The molecule has 1 unspecified atom stereocenters. The molecule has 1 aromatic carbocycles. The van der Waals surface area contributed by atoms with Crippen LogP contribution in [-0.2, 0) is 0 Å². The number of halogens is 1. The van der Waals surface area contributed by atoms with E-state index >= 15 is 0 Å². The molecule has 2 aliphatic heterocycles. The van der Waals surface area contributed by atoms with Crippen molar-refractivity contribution >= 4 is 5.57 Å². The Balaban J connectivity index is 1.68. The summed E-state index contributed by atoms with van der Waals surface area (Å²) in [5.74, 6) is -0.214. The SMILES string of the molecule is Cc1[nH]c(-c2ccc(F)cc2)c(-c2ccncc2)c1C1=CCN2CCCC2C1. The Bertz CT molecular complexity index is 1020. The van der Waals surface area contributed by atoms with E-state index in [-0.39, 0.29) is 5.82 Å². The van der Waals surface area contributed by atoms with Crippen LogP contribution in [0.4, 0.5) is 4.39 Å². The van der Waals surface area contributed by atoms with Crippen molar-refractivity contribution in [3.63, 3.8) is 0 Å². The lowest BCUT2D eigenvalue weighted by atomic mass is 9.88. The smallest absolute Gasteiger partial charge is 0.123 e. The summed E-state index contributed by atoms with van der Waals surface area (Å²) in [6, 6.07) is 11.5. The number of H-pyrrole nitrogens is 1. The maximum Gasteiger partial charge on any atom is 0.123 e. The summed E-state index contributed by atoms with van der Waals surface area (Å²) in [6.07, 6.45) is 9.76. The van der Waals surface area contributed by atoms with Crippen LogP contribution < -0.4 is 0 Å². The first-order chi connectivity index (χ1) is 13.7. The van der Waals surface area contributed by atoms with E-state index in [1.54, 1.807) is 0 Å². The molecule has 142 valence electrons. The van der Waals surface area contributed by atoms with Gasteiger partial charge in [0, 0.05) is 41.8 Å². The van der Waals surface area contributed by atoms with Gasteiger partial charge in [0.2, 0.25) is 0 Å². The zero-order valence-corrected chi connectivity index (χ0v) is 16.1. The number of hydrogen-bond acceptors (Lipinski definition) is 2. The standard InChI is InChI=1S/C24H24FN3/c1-16-22(19-10-14-28-13-2-3-21(28)15-19)23(17-8-11-26-12-9-17)24(27-16)18-4-6-20(25)7-5-18/h4-12,21,27H,2-3,13-15H2,1H3. The van der Waals surface area contributed by atoms with Crippen LogP contribution in [-0.4, -0.2) is 34.0 Å². The van der Waals surface area contributed by atoms with Gasteiger partial charge < -0.3 is 4.98 Å². The average molecular weight is 373 g/mol. The fraction of sp³-hybridized carbons (Fsp3) is 0.292. The van der Waals surface area contributed by atoms with E-state index in [1.165, 1.54) is 53.9 Å². The van der Waals surface area contributed by atoms with Crippen molar-refractivity contribution in [2.45, 2.75) is 32.2 Å². The highest BCUT2D eigenvalue weighted by atomic mass is 19.1. The number of benzene rings is 1. The largest absolute Gasteiger partial charge is 0.358 e. The summed E-state index contributed by atoms with van der Waals surface area (Å²) in [5.41, 5.74) is 8.29. The zero-order valence-electron chi connectivity index (χ0n) is 16.1. The molecule has 4 heterocycles. The van der Waals surface area contributed by atoms with Gasteiger partial charge >= 0.3 is 0 Å². The number of fused-ring (bicyclic) bond motifs is 1. The highest BCUT2D eigenvalue weighted by Crippen LogP contribution is 2.43. The first-order valence-corrected chi connectivity index (χ1v) is 10.0. The summed E-state index contributed by atoms with van der Waals surface area (Å²) in [5, 5.41) is 0. The van der Waals surface area contributed by atoms with Gasteiger partial charge in [0.25, 0.3) is 0 Å². The van der Waals surface area contributed by atoms with Crippen LogP contribution >= 0.6 is 0 Å². The molecule has 0 bridgehead atoms. The van der Waals surface area contributed by atoms with E-state index in [9.17, 15) is 4.39 Å². The van der Waals surface area contributed by atoms with Crippen molar-refractivity contribution in [2.24, 2.45) is 0 Å². The van der Waals surface area contributed by atoms with Crippen LogP contribution in [0.5, 0.6) is 0 Å². The molecule has 1 saturated heterocycles. The van der Waals surface area contributed by atoms with Crippen LogP contribution in [0.15, 0.2) is 54.9 Å². The van der Waals surface area contributed by atoms with Gasteiger partial charge in [0.05, 0.1) is 5.69 Å². The van der Waals surface area contributed by atoms with E-state index in [0.29, 0.717) is 6.04 Å². The molecule has 0 aliphatic carbocycles. The van der Waals surface area contributed by atoms with Crippen molar-refractivity contribution in [1.29, 1.82) is 0 Å². The summed E-state index contributed by atoms with van der Waals surface area (Å²) >= 11 is 0. The molecule has 0 radical (unpaired) electrons. The maximum absolute atomic E-state index is 13.5. The second kappa shape index (κ2) is 7.02. The number of nitrogens with one attached hydrogen (secondary N) is 1. The molecule has 1 N–H and O–H groups in total. The lowest BCUT2D eigenvalue weighted by molar-refractivity contribution is 0.275. The average Bonchev–Trinajstić information content (AvgIpc) is 3.32. The van der Waals surface area contributed by atoms with Gasteiger partial charge in [-0.2, -0.15) is 0 Å². The fourth-order valence-corrected chi connectivity index (χ4v) is 4.80. The topological polar surface area (TPSA) is 31.9 Å². The van der Waals surface area contributed by atoms with Crippen LogP contribution in [0.25, 0.3) is 28.0 Å². The molecule has 4 heteroatoms. The number of aromatic nitrogens is 2. The van der Waals surface area contributed by atoms with E-state index in [1.807, 2.05) is 24.5 Å². The molecule has 2 aliphatic rings. The quantitative estimate of drug-likeness (QED) is 0.663. The van der Waals surface area contributed by atoms with Crippen molar-refractivity contribution in [3.05, 3.63) is 71.9 Å². The van der Waals surface area contributed by atoms with Crippen LogP contribution in [0.1, 0.15) is 30.5 Å². The van der Waals surface area contributed by atoms with Gasteiger partial charge in [0.1, 0.15) is 5.82 Å². The highest BCUT2D eigenvalue weighted by Gasteiger charge is 2.30. The molecule has 0 amide bonds. The van der Waals surface area contributed by atoms with Gasteiger partial charge in [-0.05, 0) is 85.8 Å². The zero-order chi connectivity index (χ0) is 19.1. The minimum absolute atomic E-state index is 0.214. The van der Waals surface area contributed by atoms with Crippen LogP contribution in [0, 0.1) is 12.7 Å². The van der Waals surface area contributed by atoms with Gasteiger partial charge in [-0.25, -0.2) is 4.39 Å². The molecule has 28 heavy (non-hydrogen) atoms. The Kier molecular flexibility index (Phi) is 4.36. The third-order valence-electron chi connectivity index (χ3n) is 6.14. The lowest BCUT2D eigenvalue weighted by Gasteiger charge is -2.29.